The van der Waals surface area contributed by atoms with Gasteiger partial charge in [0, 0.05) is 17.7 Å². The third kappa shape index (κ3) is 3.07. The lowest BCUT2D eigenvalue weighted by atomic mass is 10.2. The molecule has 0 radical (unpaired) electrons. The average molecular weight is 329 g/mol. The zero-order valence-corrected chi connectivity index (χ0v) is 13.8. The summed E-state index contributed by atoms with van der Waals surface area (Å²) in [6.07, 6.45) is 9.01. The molecule has 3 aromatic heterocycles. The van der Waals surface area contributed by atoms with Crippen LogP contribution in [0.5, 0.6) is 0 Å². The fourth-order valence-electron chi connectivity index (χ4n) is 2.84. The zero-order valence-electron chi connectivity index (χ0n) is 13.0. The number of hydrogen-bond donors (Lipinski definition) is 1. The van der Waals surface area contributed by atoms with E-state index in [0.29, 0.717) is 0 Å². The van der Waals surface area contributed by atoms with Crippen LogP contribution in [0.3, 0.4) is 0 Å². The Hall–Kier alpha value is -1.99. The lowest BCUT2D eigenvalue weighted by Gasteiger charge is -2.08. The summed E-state index contributed by atoms with van der Waals surface area (Å²) in [5.74, 6) is 0.836. The van der Waals surface area contributed by atoms with Gasteiger partial charge in [0.2, 0.25) is 0 Å². The van der Waals surface area contributed by atoms with Gasteiger partial charge in [-0.05, 0) is 25.3 Å². The fourth-order valence-corrected chi connectivity index (χ4v) is 3.78. The average Bonchev–Trinajstić information content (AvgIpc) is 3.28. The SMILES string of the molecule is CCc1cc2c(Nc3cnn(CC4CCCO4)c3)ncnc2s1. The minimum atomic E-state index is 0.289. The van der Waals surface area contributed by atoms with E-state index in [0.717, 1.165) is 54.1 Å². The molecular weight excluding hydrogens is 310 g/mol. The van der Waals surface area contributed by atoms with Crippen molar-refractivity contribution in [2.45, 2.75) is 38.8 Å². The van der Waals surface area contributed by atoms with Crippen molar-refractivity contribution < 1.29 is 4.74 Å². The molecule has 0 bridgehead atoms. The highest BCUT2D eigenvalue weighted by Gasteiger charge is 2.16. The first-order valence-electron chi connectivity index (χ1n) is 7.96. The second-order valence-corrected chi connectivity index (χ2v) is 6.83. The van der Waals surface area contributed by atoms with Crippen molar-refractivity contribution in [1.82, 2.24) is 19.7 Å². The molecule has 0 amide bonds. The van der Waals surface area contributed by atoms with Gasteiger partial charge in [0.05, 0.1) is 29.9 Å². The highest BCUT2D eigenvalue weighted by atomic mass is 32.1. The molecule has 23 heavy (non-hydrogen) atoms. The molecule has 0 saturated carbocycles. The van der Waals surface area contributed by atoms with Crippen molar-refractivity contribution in [3.05, 3.63) is 29.7 Å². The van der Waals surface area contributed by atoms with Gasteiger partial charge in [-0.15, -0.1) is 11.3 Å². The van der Waals surface area contributed by atoms with Gasteiger partial charge in [-0.2, -0.15) is 5.10 Å². The van der Waals surface area contributed by atoms with Crippen LogP contribution >= 0.6 is 11.3 Å². The summed E-state index contributed by atoms with van der Waals surface area (Å²) in [5, 5.41) is 8.84. The van der Waals surface area contributed by atoms with Crippen LogP contribution < -0.4 is 5.32 Å². The van der Waals surface area contributed by atoms with Crippen molar-refractivity contribution in [2.24, 2.45) is 0 Å². The van der Waals surface area contributed by atoms with Crippen LogP contribution in [0.15, 0.2) is 24.8 Å². The molecule has 1 aliphatic rings. The summed E-state index contributed by atoms with van der Waals surface area (Å²) in [7, 11) is 0. The van der Waals surface area contributed by atoms with Crippen LogP contribution in [-0.4, -0.2) is 32.5 Å². The summed E-state index contributed by atoms with van der Waals surface area (Å²) in [4.78, 5) is 11.1. The molecule has 1 saturated heterocycles. The van der Waals surface area contributed by atoms with E-state index in [4.69, 9.17) is 4.74 Å². The van der Waals surface area contributed by atoms with Crippen LogP contribution in [0.4, 0.5) is 11.5 Å². The zero-order chi connectivity index (χ0) is 15.6. The molecule has 4 heterocycles. The van der Waals surface area contributed by atoms with E-state index in [1.807, 2.05) is 17.1 Å². The van der Waals surface area contributed by atoms with Gasteiger partial charge in [0.25, 0.3) is 0 Å². The van der Waals surface area contributed by atoms with Crippen LogP contribution in [0.1, 0.15) is 24.6 Å². The third-order valence-corrected chi connectivity index (χ3v) is 5.23. The number of fused-ring (bicyclic) bond motifs is 1. The standard InChI is InChI=1S/C16H19N5OS/c1-2-13-6-14-15(17-10-18-16(14)23-13)20-11-7-19-21(8-11)9-12-4-3-5-22-12/h6-8,10,12H,2-5,9H2,1H3,(H,17,18,20). The van der Waals surface area contributed by atoms with Crippen molar-refractivity contribution in [3.8, 4) is 0 Å². The Balaban J connectivity index is 1.53. The molecule has 7 heteroatoms. The Morgan fingerprint density at radius 3 is 3.22 bits per heavy atom. The number of rotatable bonds is 5. The van der Waals surface area contributed by atoms with Gasteiger partial charge in [-0.1, -0.05) is 6.92 Å². The maximum absolute atomic E-state index is 5.66. The number of hydrogen-bond acceptors (Lipinski definition) is 6. The Bertz CT molecular complexity index is 806. The number of thiophene rings is 1. The molecule has 1 aliphatic heterocycles. The predicted molar refractivity (Wildman–Crippen MR) is 91.3 cm³/mol. The van der Waals surface area contributed by atoms with Crippen LogP contribution in [0.25, 0.3) is 10.2 Å². The molecule has 0 spiro atoms. The Morgan fingerprint density at radius 2 is 2.39 bits per heavy atom. The normalized spacial score (nSPS) is 17.9. The summed E-state index contributed by atoms with van der Waals surface area (Å²) in [6, 6.07) is 2.17. The maximum Gasteiger partial charge on any atom is 0.142 e. The van der Waals surface area contributed by atoms with E-state index in [-0.39, 0.29) is 6.10 Å². The third-order valence-electron chi connectivity index (χ3n) is 4.04. The molecule has 3 aromatic rings. The molecule has 0 aromatic carbocycles. The van der Waals surface area contributed by atoms with Gasteiger partial charge in [-0.3, -0.25) is 4.68 Å². The van der Waals surface area contributed by atoms with E-state index < -0.39 is 0 Å². The van der Waals surface area contributed by atoms with Gasteiger partial charge in [0.15, 0.2) is 0 Å². The van der Waals surface area contributed by atoms with Gasteiger partial charge in [-0.25, -0.2) is 9.97 Å². The number of ether oxygens (including phenoxy) is 1. The Kier molecular flexibility index (Phi) is 3.97. The van der Waals surface area contributed by atoms with Crippen molar-refractivity contribution in [2.75, 3.05) is 11.9 Å². The first-order chi connectivity index (χ1) is 11.3. The molecule has 6 nitrogen and oxygen atoms in total. The minimum absolute atomic E-state index is 0.289. The summed E-state index contributed by atoms with van der Waals surface area (Å²) >= 11 is 1.72. The highest BCUT2D eigenvalue weighted by Crippen LogP contribution is 2.30. The number of anilines is 2. The van der Waals surface area contributed by atoms with Crippen LogP contribution in [0, 0.1) is 0 Å². The summed E-state index contributed by atoms with van der Waals surface area (Å²) < 4.78 is 7.59. The summed E-state index contributed by atoms with van der Waals surface area (Å²) in [6.45, 7) is 3.83. The monoisotopic (exact) mass is 329 g/mol. The molecule has 1 unspecified atom stereocenters. The molecule has 1 atom stereocenters. The van der Waals surface area contributed by atoms with Gasteiger partial charge >= 0.3 is 0 Å². The van der Waals surface area contributed by atoms with E-state index in [1.165, 1.54) is 4.88 Å². The second kappa shape index (κ2) is 6.25. The molecule has 1 fully saturated rings. The lowest BCUT2D eigenvalue weighted by Crippen LogP contribution is -2.15. The molecule has 4 rings (SSSR count). The van der Waals surface area contributed by atoms with Crippen molar-refractivity contribution in [3.63, 3.8) is 0 Å². The van der Waals surface area contributed by atoms with Gasteiger partial charge in [0.1, 0.15) is 17.0 Å². The first kappa shape index (κ1) is 14.6. The molecule has 0 aliphatic carbocycles. The number of aryl methyl sites for hydroxylation is 1. The van der Waals surface area contributed by atoms with Crippen molar-refractivity contribution >= 4 is 33.1 Å². The first-order valence-corrected chi connectivity index (χ1v) is 8.78. The van der Waals surface area contributed by atoms with E-state index in [2.05, 4.69) is 33.4 Å². The van der Waals surface area contributed by atoms with Crippen LogP contribution in [0.2, 0.25) is 0 Å². The number of nitrogens with zero attached hydrogens (tertiary/aromatic N) is 4. The van der Waals surface area contributed by atoms with E-state index in [1.54, 1.807) is 17.7 Å². The minimum Gasteiger partial charge on any atom is -0.376 e. The summed E-state index contributed by atoms with van der Waals surface area (Å²) in [5.41, 5.74) is 0.937. The molecule has 120 valence electrons. The van der Waals surface area contributed by atoms with Crippen LogP contribution in [-0.2, 0) is 17.7 Å². The van der Waals surface area contributed by atoms with Gasteiger partial charge < -0.3 is 10.1 Å². The van der Waals surface area contributed by atoms with Crippen molar-refractivity contribution in [1.29, 1.82) is 0 Å². The predicted octanol–water partition coefficient (Wildman–Crippen LogP) is 3.37. The second-order valence-electron chi connectivity index (χ2n) is 5.72. The van der Waals surface area contributed by atoms with E-state index in [9.17, 15) is 0 Å². The lowest BCUT2D eigenvalue weighted by molar-refractivity contribution is 0.0940. The largest absolute Gasteiger partial charge is 0.376 e. The Morgan fingerprint density at radius 1 is 1.43 bits per heavy atom. The quantitative estimate of drug-likeness (QED) is 0.777. The number of nitrogens with one attached hydrogen (secondary N) is 1. The molecular formula is C16H19N5OS. The highest BCUT2D eigenvalue weighted by molar-refractivity contribution is 7.18. The smallest absolute Gasteiger partial charge is 0.142 e. The molecule has 1 N–H and O–H groups in total. The fraction of sp³-hybridized carbons (Fsp3) is 0.438. The van der Waals surface area contributed by atoms with E-state index >= 15 is 0 Å². The topological polar surface area (TPSA) is 64.9 Å². The Labute approximate surface area is 138 Å². The maximum atomic E-state index is 5.66. The number of aromatic nitrogens is 4.